The Hall–Kier alpha value is -2.06. The molecule has 0 saturated heterocycles. The van der Waals surface area contributed by atoms with Gasteiger partial charge in [-0.3, -0.25) is 0 Å². The largest absolute Gasteiger partial charge is 0.363 e. The Kier molecular flexibility index (Phi) is 4.27. The molecule has 0 fully saturated rings. The molecule has 1 aromatic carbocycles. The summed E-state index contributed by atoms with van der Waals surface area (Å²) in [5, 5.41) is 4.93. The topological polar surface area (TPSA) is 67.6 Å². The maximum absolute atomic E-state index is 13.2. The lowest BCUT2D eigenvalue weighted by Crippen LogP contribution is -2.15. The van der Waals surface area contributed by atoms with Gasteiger partial charge in [0.05, 0.1) is 4.90 Å². The summed E-state index contributed by atoms with van der Waals surface area (Å²) in [5.41, 5.74) is 1.09. The predicted molar refractivity (Wildman–Crippen MR) is 95.7 cm³/mol. The van der Waals surface area contributed by atoms with E-state index in [0.29, 0.717) is 10.7 Å². The van der Waals surface area contributed by atoms with Crippen molar-refractivity contribution in [2.24, 2.45) is 0 Å². The zero-order chi connectivity index (χ0) is 17.5. The van der Waals surface area contributed by atoms with Crippen molar-refractivity contribution in [3.8, 4) is 0 Å². The first-order valence-corrected chi connectivity index (χ1v) is 9.99. The number of benzene rings is 1. The fourth-order valence-corrected chi connectivity index (χ4v) is 4.90. The normalized spacial score (nSPS) is 11.8. The van der Waals surface area contributed by atoms with Gasteiger partial charge in [0.25, 0.3) is 0 Å². The number of thioether (sulfide) groups is 1. The Bertz CT molecular complexity index is 996. The fourth-order valence-electron chi connectivity index (χ4n) is 2.49. The first kappa shape index (κ1) is 16.8. The molecule has 0 aliphatic heterocycles. The Morgan fingerprint density at radius 1 is 1.17 bits per heavy atom. The van der Waals surface area contributed by atoms with Crippen LogP contribution in [0.15, 0.2) is 51.2 Å². The number of sulfone groups is 1. The van der Waals surface area contributed by atoms with E-state index in [-0.39, 0.29) is 9.79 Å². The molecular formula is C16H18N4O2S2. The summed E-state index contributed by atoms with van der Waals surface area (Å²) in [6.45, 7) is 1.84. The van der Waals surface area contributed by atoms with Crippen LogP contribution in [0.2, 0.25) is 0 Å². The Morgan fingerprint density at radius 3 is 2.42 bits per heavy atom. The predicted octanol–water partition coefficient (Wildman–Crippen LogP) is 2.66. The maximum atomic E-state index is 13.2. The lowest BCUT2D eigenvalue weighted by molar-refractivity contribution is 0.594. The van der Waals surface area contributed by atoms with Crippen molar-refractivity contribution in [2.75, 3.05) is 25.3 Å². The van der Waals surface area contributed by atoms with Gasteiger partial charge >= 0.3 is 0 Å². The van der Waals surface area contributed by atoms with Crippen LogP contribution < -0.4 is 4.90 Å². The lowest BCUT2D eigenvalue weighted by Gasteiger charge is -2.14. The van der Waals surface area contributed by atoms with Gasteiger partial charge in [-0.2, -0.15) is 9.61 Å². The maximum Gasteiger partial charge on any atom is 0.213 e. The summed E-state index contributed by atoms with van der Waals surface area (Å²) in [6.07, 6.45) is 1.81. The van der Waals surface area contributed by atoms with Crippen LogP contribution in [0.3, 0.4) is 0 Å². The molecule has 0 saturated carbocycles. The van der Waals surface area contributed by atoms with Crippen LogP contribution in [-0.4, -0.2) is 43.4 Å². The number of rotatable bonds is 4. The standard InChI is InChI=1S/C16H18N4O2S2/c1-11-10-13(19(2)3)20-15(17-11)14(16(18-20)23-4)24(21,22)12-8-6-5-7-9-12/h5-10H,1-4H3. The van der Waals surface area contributed by atoms with Gasteiger partial charge in [-0.05, 0) is 25.3 Å². The van der Waals surface area contributed by atoms with Gasteiger partial charge in [0.15, 0.2) is 10.5 Å². The van der Waals surface area contributed by atoms with Crippen LogP contribution >= 0.6 is 11.8 Å². The van der Waals surface area contributed by atoms with E-state index in [0.717, 1.165) is 11.5 Å². The smallest absolute Gasteiger partial charge is 0.213 e. The molecule has 3 aromatic rings. The first-order chi connectivity index (χ1) is 11.4. The molecule has 0 aliphatic carbocycles. The van der Waals surface area contributed by atoms with E-state index in [9.17, 15) is 8.42 Å². The molecule has 2 heterocycles. The van der Waals surface area contributed by atoms with Crippen LogP contribution in [0.1, 0.15) is 5.69 Å². The van der Waals surface area contributed by atoms with E-state index in [4.69, 9.17) is 0 Å². The van der Waals surface area contributed by atoms with Gasteiger partial charge < -0.3 is 4.90 Å². The number of hydrogen-bond donors (Lipinski definition) is 0. The summed E-state index contributed by atoms with van der Waals surface area (Å²) in [5.74, 6) is 0.780. The van der Waals surface area contributed by atoms with E-state index in [1.807, 2.05) is 38.2 Å². The molecule has 0 spiro atoms. The summed E-state index contributed by atoms with van der Waals surface area (Å²) < 4.78 is 27.9. The second-order valence-corrected chi connectivity index (χ2v) is 8.22. The van der Waals surface area contributed by atoms with E-state index < -0.39 is 9.84 Å². The summed E-state index contributed by atoms with van der Waals surface area (Å²) in [4.78, 5) is 6.75. The Labute approximate surface area is 145 Å². The van der Waals surface area contributed by atoms with Gasteiger partial charge in [-0.1, -0.05) is 18.2 Å². The Balaban J connectivity index is 2.40. The highest BCUT2D eigenvalue weighted by atomic mass is 32.2. The van der Waals surface area contributed by atoms with Crippen molar-refractivity contribution in [1.29, 1.82) is 0 Å². The number of aryl methyl sites for hydroxylation is 1. The van der Waals surface area contributed by atoms with E-state index in [1.54, 1.807) is 34.8 Å². The van der Waals surface area contributed by atoms with Crippen molar-refractivity contribution in [2.45, 2.75) is 21.7 Å². The van der Waals surface area contributed by atoms with Gasteiger partial charge in [-0.25, -0.2) is 13.4 Å². The highest BCUT2D eigenvalue weighted by Crippen LogP contribution is 2.33. The molecule has 0 unspecified atom stereocenters. The quantitative estimate of drug-likeness (QED) is 0.665. The average Bonchev–Trinajstić information content (AvgIpc) is 2.93. The van der Waals surface area contributed by atoms with Crippen molar-refractivity contribution in [3.63, 3.8) is 0 Å². The molecule has 126 valence electrons. The molecular weight excluding hydrogens is 344 g/mol. The highest BCUT2D eigenvalue weighted by Gasteiger charge is 2.29. The van der Waals surface area contributed by atoms with E-state index in [2.05, 4.69) is 10.1 Å². The average molecular weight is 362 g/mol. The van der Waals surface area contributed by atoms with Gasteiger partial charge in [0.1, 0.15) is 10.8 Å². The number of hydrogen-bond acceptors (Lipinski definition) is 6. The minimum absolute atomic E-state index is 0.160. The molecule has 0 atom stereocenters. The number of fused-ring (bicyclic) bond motifs is 1. The molecule has 6 nitrogen and oxygen atoms in total. The van der Waals surface area contributed by atoms with Gasteiger partial charge in [-0.15, -0.1) is 11.8 Å². The number of anilines is 1. The van der Waals surface area contributed by atoms with Crippen molar-refractivity contribution >= 4 is 33.1 Å². The molecule has 0 bridgehead atoms. The molecule has 0 aliphatic rings. The fraction of sp³-hybridized carbons (Fsp3) is 0.250. The van der Waals surface area contributed by atoms with E-state index >= 15 is 0 Å². The molecule has 0 radical (unpaired) electrons. The molecule has 2 aromatic heterocycles. The SMILES string of the molecule is CSc1nn2c(N(C)C)cc(C)nc2c1S(=O)(=O)c1ccccc1. The van der Waals surface area contributed by atoms with Crippen LogP contribution in [0.5, 0.6) is 0 Å². The van der Waals surface area contributed by atoms with Gasteiger partial charge in [0, 0.05) is 25.9 Å². The third-order valence-corrected chi connectivity index (χ3v) is 6.21. The molecule has 3 rings (SSSR count). The van der Waals surface area contributed by atoms with Crippen LogP contribution in [0.25, 0.3) is 5.65 Å². The minimum atomic E-state index is -3.71. The van der Waals surface area contributed by atoms with Crippen molar-refractivity contribution in [3.05, 3.63) is 42.1 Å². The van der Waals surface area contributed by atoms with E-state index in [1.165, 1.54) is 11.8 Å². The third kappa shape index (κ3) is 2.65. The zero-order valence-electron chi connectivity index (χ0n) is 13.9. The van der Waals surface area contributed by atoms with Crippen molar-refractivity contribution < 1.29 is 8.42 Å². The second-order valence-electron chi connectivity index (χ2n) is 5.54. The lowest BCUT2D eigenvalue weighted by atomic mass is 10.4. The third-order valence-electron chi connectivity index (χ3n) is 3.60. The summed E-state index contributed by atoms with van der Waals surface area (Å²) in [7, 11) is 0.0684. The number of aromatic nitrogens is 3. The minimum Gasteiger partial charge on any atom is -0.363 e. The van der Waals surface area contributed by atoms with Crippen LogP contribution in [0, 0.1) is 6.92 Å². The number of nitrogens with zero attached hydrogens (tertiary/aromatic N) is 4. The molecule has 8 heteroatoms. The van der Waals surface area contributed by atoms with Crippen molar-refractivity contribution in [1.82, 2.24) is 14.6 Å². The summed E-state index contributed by atoms with van der Waals surface area (Å²) in [6, 6.07) is 10.3. The second kappa shape index (κ2) is 6.10. The molecule has 24 heavy (non-hydrogen) atoms. The molecule has 0 N–H and O–H groups in total. The highest BCUT2D eigenvalue weighted by molar-refractivity contribution is 7.99. The van der Waals surface area contributed by atoms with Gasteiger partial charge in [0.2, 0.25) is 9.84 Å². The zero-order valence-corrected chi connectivity index (χ0v) is 15.5. The van der Waals surface area contributed by atoms with Crippen LogP contribution in [0.4, 0.5) is 5.82 Å². The van der Waals surface area contributed by atoms with Crippen LogP contribution in [-0.2, 0) is 9.84 Å². The monoisotopic (exact) mass is 362 g/mol. The first-order valence-electron chi connectivity index (χ1n) is 7.28. The molecule has 0 amide bonds. The Morgan fingerprint density at radius 2 is 1.83 bits per heavy atom. The summed E-state index contributed by atoms with van der Waals surface area (Å²) >= 11 is 1.30.